The summed E-state index contributed by atoms with van der Waals surface area (Å²) in [6, 6.07) is 8.41. The molecule has 3 heteroatoms. The molecule has 0 saturated heterocycles. The third kappa shape index (κ3) is 1.86. The molecular weight excluding hydrogens is 190 g/mol. The van der Waals surface area contributed by atoms with Crippen molar-refractivity contribution in [2.24, 2.45) is 0 Å². The van der Waals surface area contributed by atoms with Crippen molar-refractivity contribution in [1.29, 1.82) is 0 Å². The van der Waals surface area contributed by atoms with E-state index in [1.807, 2.05) is 23.1 Å². The first kappa shape index (κ1) is 9.77. The molecule has 0 spiro atoms. The Labute approximate surface area is 88.6 Å². The number of hydrogen-bond acceptors (Lipinski definition) is 2. The Bertz CT molecular complexity index is 412. The van der Waals surface area contributed by atoms with Gasteiger partial charge < -0.3 is 10.0 Å². The average molecular weight is 203 g/mol. The monoisotopic (exact) mass is 203 g/mol. The second kappa shape index (κ2) is 3.77. The van der Waals surface area contributed by atoms with Gasteiger partial charge in [0.2, 0.25) is 0 Å². The molecule has 1 aliphatic rings. The molecule has 0 bridgehead atoms. The van der Waals surface area contributed by atoms with E-state index >= 15 is 0 Å². The summed E-state index contributed by atoms with van der Waals surface area (Å²) in [6.45, 7) is 2.09. The lowest BCUT2D eigenvalue weighted by molar-refractivity contribution is -0.131. The first-order chi connectivity index (χ1) is 7.18. The second-order valence-electron chi connectivity index (χ2n) is 3.74. The van der Waals surface area contributed by atoms with E-state index in [1.165, 1.54) is 11.6 Å². The van der Waals surface area contributed by atoms with Crippen LogP contribution >= 0.6 is 0 Å². The highest BCUT2D eigenvalue weighted by Crippen LogP contribution is 2.31. The minimum atomic E-state index is -0.911. The van der Waals surface area contributed by atoms with Gasteiger partial charge in [0.1, 0.15) is 0 Å². The van der Waals surface area contributed by atoms with Crippen LogP contribution in [0.3, 0.4) is 0 Å². The quantitative estimate of drug-likeness (QED) is 0.748. The highest BCUT2D eigenvalue weighted by Gasteiger charge is 2.23. The van der Waals surface area contributed by atoms with E-state index in [-0.39, 0.29) is 0 Å². The zero-order valence-corrected chi connectivity index (χ0v) is 8.55. The Morgan fingerprint density at radius 1 is 1.53 bits per heavy atom. The van der Waals surface area contributed by atoms with Crippen LogP contribution in [-0.4, -0.2) is 17.1 Å². The lowest BCUT2D eigenvalue weighted by atomic mass is 10.1. The fraction of sp³-hybridized carbons (Fsp3) is 0.250. The Hall–Kier alpha value is -1.77. The van der Waals surface area contributed by atoms with Crippen LogP contribution in [0.15, 0.2) is 36.5 Å². The number of carboxylic acid groups (broad SMARTS) is 1. The summed E-state index contributed by atoms with van der Waals surface area (Å²) in [6.07, 6.45) is 3.79. The molecule has 0 aromatic heterocycles. The van der Waals surface area contributed by atoms with Gasteiger partial charge in [-0.2, -0.15) is 0 Å². The number of carbonyl (C=O) groups is 1. The molecule has 2 rings (SSSR count). The van der Waals surface area contributed by atoms with Crippen molar-refractivity contribution in [3.05, 3.63) is 42.1 Å². The number of rotatable bonds is 2. The maximum Gasteiger partial charge on any atom is 0.329 e. The van der Waals surface area contributed by atoms with Crippen molar-refractivity contribution < 1.29 is 9.90 Å². The van der Waals surface area contributed by atoms with Crippen LogP contribution in [0.25, 0.3) is 0 Å². The van der Waals surface area contributed by atoms with Crippen LogP contribution in [0.4, 0.5) is 5.69 Å². The number of para-hydroxylation sites is 1. The summed E-state index contributed by atoms with van der Waals surface area (Å²) in [7, 11) is 0. The van der Waals surface area contributed by atoms with Gasteiger partial charge in [-0.05, 0) is 25.0 Å². The number of anilines is 1. The van der Waals surface area contributed by atoms with Crippen LogP contribution in [0.1, 0.15) is 12.5 Å². The van der Waals surface area contributed by atoms with E-state index in [1.54, 1.807) is 6.20 Å². The molecule has 1 atom stereocenters. The van der Waals surface area contributed by atoms with E-state index in [2.05, 4.69) is 13.0 Å². The molecule has 1 N–H and O–H groups in total. The molecule has 1 aromatic carbocycles. The van der Waals surface area contributed by atoms with E-state index < -0.39 is 5.97 Å². The molecule has 1 aliphatic heterocycles. The largest absolute Gasteiger partial charge is 0.478 e. The Morgan fingerprint density at radius 2 is 2.27 bits per heavy atom. The fourth-order valence-corrected chi connectivity index (χ4v) is 1.96. The summed E-state index contributed by atoms with van der Waals surface area (Å²) in [5.74, 6) is -0.911. The molecule has 78 valence electrons. The van der Waals surface area contributed by atoms with Gasteiger partial charge in [-0.3, -0.25) is 0 Å². The number of fused-ring (bicyclic) bond motifs is 1. The molecule has 1 unspecified atom stereocenters. The number of carboxylic acids is 1. The van der Waals surface area contributed by atoms with Gasteiger partial charge in [0.25, 0.3) is 0 Å². The summed E-state index contributed by atoms with van der Waals surface area (Å²) in [5, 5.41) is 8.59. The van der Waals surface area contributed by atoms with Crippen molar-refractivity contribution in [3.8, 4) is 0 Å². The molecular formula is C12H13NO2. The normalized spacial score (nSPS) is 19.5. The van der Waals surface area contributed by atoms with Crippen molar-refractivity contribution in [3.63, 3.8) is 0 Å². The number of nitrogens with zero attached hydrogens (tertiary/aromatic N) is 1. The van der Waals surface area contributed by atoms with Crippen molar-refractivity contribution in [2.75, 3.05) is 4.90 Å². The predicted octanol–water partition coefficient (Wildman–Crippen LogP) is 2.04. The summed E-state index contributed by atoms with van der Waals surface area (Å²) in [5.41, 5.74) is 2.39. The number of hydrogen-bond donors (Lipinski definition) is 1. The van der Waals surface area contributed by atoms with E-state index in [0.29, 0.717) is 6.04 Å². The molecule has 15 heavy (non-hydrogen) atoms. The van der Waals surface area contributed by atoms with Gasteiger partial charge in [-0.25, -0.2) is 4.79 Å². The highest BCUT2D eigenvalue weighted by molar-refractivity contribution is 5.80. The maximum absolute atomic E-state index is 10.5. The molecule has 0 aliphatic carbocycles. The first-order valence-electron chi connectivity index (χ1n) is 4.96. The van der Waals surface area contributed by atoms with Crippen LogP contribution in [0.5, 0.6) is 0 Å². The van der Waals surface area contributed by atoms with Crippen LogP contribution in [0.2, 0.25) is 0 Å². The van der Waals surface area contributed by atoms with Crippen molar-refractivity contribution >= 4 is 11.7 Å². The lowest BCUT2D eigenvalue weighted by Crippen LogP contribution is -2.23. The van der Waals surface area contributed by atoms with E-state index in [0.717, 1.165) is 12.1 Å². The molecule has 1 aromatic rings. The molecule has 1 heterocycles. The van der Waals surface area contributed by atoms with E-state index in [9.17, 15) is 4.79 Å². The number of benzene rings is 1. The third-order valence-corrected chi connectivity index (χ3v) is 2.64. The van der Waals surface area contributed by atoms with Gasteiger partial charge in [0.05, 0.1) is 0 Å². The minimum absolute atomic E-state index is 0.331. The highest BCUT2D eigenvalue weighted by atomic mass is 16.4. The van der Waals surface area contributed by atoms with Crippen LogP contribution in [0, 0.1) is 0 Å². The minimum Gasteiger partial charge on any atom is -0.478 e. The number of aliphatic carboxylic acids is 1. The van der Waals surface area contributed by atoms with Crippen LogP contribution in [-0.2, 0) is 11.2 Å². The topological polar surface area (TPSA) is 40.5 Å². The van der Waals surface area contributed by atoms with Gasteiger partial charge in [-0.1, -0.05) is 18.2 Å². The van der Waals surface area contributed by atoms with Gasteiger partial charge in [0.15, 0.2) is 0 Å². The molecule has 0 saturated carbocycles. The summed E-state index contributed by atoms with van der Waals surface area (Å²) >= 11 is 0. The first-order valence-corrected chi connectivity index (χ1v) is 4.96. The van der Waals surface area contributed by atoms with Crippen molar-refractivity contribution in [2.45, 2.75) is 19.4 Å². The SMILES string of the molecule is CC1Cc2ccccc2N1C=CC(=O)O. The van der Waals surface area contributed by atoms with Gasteiger partial charge in [0, 0.05) is 24.0 Å². The summed E-state index contributed by atoms with van der Waals surface area (Å²) < 4.78 is 0. The molecule has 0 fully saturated rings. The van der Waals surface area contributed by atoms with Crippen LogP contribution < -0.4 is 4.90 Å². The van der Waals surface area contributed by atoms with Gasteiger partial charge >= 0.3 is 5.97 Å². The molecule has 3 nitrogen and oxygen atoms in total. The fourth-order valence-electron chi connectivity index (χ4n) is 1.96. The Balaban J connectivity index is 2.30. The smallest absolute Gasteiger partial charge is 0.329 e. The molecule has 0 radical (unpaired) electrons. The van der Waals surface area contributed by atoms with E-state index in [4.69, 9.17) is 5.11 Å². The lowest BCUT2D eigenvalue weighted by Gasteiger charge is -2.19. The Morgan fingerprint density at radius 3 is 3.00 bits per heavy atom. The maximum atomic E-state index is 10.5. The zero-order chi connectivity index (χ0) is 10.8. The summed E-state index contributed by atoms with van der Waals surface area (Å²) in [4.78, 5) is 12.5. The average Bonchev–Trinajstić information content (AvgIpc) is 2.50. The Kier molecular flexibility index (Phi) is 2.46. The third-order valence-electron chi connectivity index (χ3n) is 2.64. The zero-order valence-electron chi connectivity index (χ0n) is 8.55. The predicted molar refractivity (Wildman–Crippen MR) is 58.9 cm³/mol. The second-order valence-corrected chi connectivity index (χ2v) is 3.74. The standard InChI is InChI=1S/C12H13NO2/c1-9-8-10-4-2-3-5-11(10)13(9)7-6-12(14)15/h2-7,9H,8H2,1H3,(H,14,15). The molecule has 0 amide bonds. The van der Waals surface area contributed by atoms with Crippen molar-refractivity contribution in [1.82, 2.24) is 0 Å². The van der Waals surface area contributed by atoms with Gasteiger partial charge in [-0.15, -0.1) is 0 Å².